The normalized spacial score (nSPS) is 34.8. The van der Waals surface area contributed by atoms with E-state index in [1.807, 2.05) is 0 Å². The summed E-state index contributed by atoms with van der Waals surface area (Å²) in [6.07, 6.45) is 6.49. The molecule has 1 aliphatic carbocycles. The minimum atomic E-state index is -1.64. The molecule has 0 unspecified atom stereocenters. The summed E-state index contributed by atoms with van der Waals surface area (Å²) in [4.78, 5) is 0. The smallest absolute Gasteiger partial charge is 0.192 e. The molecule has 100 valence electrons. The molecule has 1 saturated carbocycles. The van der Waals surface area contributed by atoms with Gasteiger partial charge in [0.2, 0.25) is 0 Å². The summed E-state index contributed by atoms with van der Waals surface area (Å²) >= 11 is 0. The minimum absolute atomic E-state index is 0.0928. The van der Waals surface area contributed by atoms with Crippen LogP contribution in [0.2, 0.25) is 18.1 Å². The van der Waals surface area contributed by atoms with E-state index in [0.29, 0.717) is 11.1 Å². The molecule has 0 radical (unpaired) electrons. The van der Waals surface area contributed by atoms with Gasteiger partial charge in [0.1, 0.15) is 0 Å². The average Bonchev–Trinajstić information content (AvgIpc) is 2.77. The van der Waals surface area contributed by atoms with Gasteiger partial charge in [-0.15, -0.1) is 0 Å². The second-order valence-electron chi connectivity index (χ2n) is 7.28. The van der Waals surface area contributed by atoms with E-state index in [9.17, 15) is 0 Å². The Labute approximate surface area is 107 Å². The third-order valence-corrected chi connectivity index (χ3v) is 9.52. The summed E-state index contributed by atoms with van der Waals surface area (Å²) in [5.74, 6) is 0. The van der Waals surface area contributed by atoms with Crippen LogP contribution in [0.5, 0.6) is 0 Å². The Morgan fingerprint density at radius 3 is 2.35 bits per heavy atom. The monoisotopic (exact) mass is 256 g/mol. The van der Waals surface area contributed by atoms with Crippen molar-refractivity contribution in [2.45, 2.75) is 82.7 Å². The molecule has 0 aromatic rings. The number of ether oxygens (including phenoxy) is 1. The van der Waals surface area contributed by atoms with Gasteiger partial charge in [0.05, 0.1) is 11.7 Å². The minimum Gasteiger partial charge on any atom is -0.411 e. The van der Waals surface area contributed by atoms with Crippen molar-refractivity contribution in [2.75, 3.05) is 6.61 Å². The highest BCUT2D eigenvalue weighted by Gasteiger charge is 2.50. The standard InChI is InChI=1S/C14H28O2Si/c1-13(2,3)17(4,5)16-12-8-6-9-14(12)10-7-11-15-14/h12H,6-11H2,1-5H3/t12-,14+/m1/s1. The van der Waals surface area contributed by atoms with E-state index < -0.39 is 8.32 Å². The molecule has 2 aliphatic rings. The lowest BCUT2D eigenvalue weighted by Gasteiger charge is -2.42. The lowest BCUT2D eigenvalue weighted by atomic mass is 9.96. The first kappa shape index (κ1) is 13.6. The topological polar surface area (TPSA) is 18.5 Å². The van der Waals surface area contributed by atoms with Gasteiger partial charge in [-0.1, -0.05) is 20.8 Å². The maximum Gasteiger partial charge on any atom is 0.192 e. The van der Waals surface area contributed by atoms with E-state index in [4.69, 9.17) is 9.16 Å². The van der Waals surface area contributed by atoms with Crippen LogP contribution in [-0.4, -0.2) is 26.6 Å². The van der Waals surface area contributed by atoms with Gasteiger partial charge in [-0.25, -0.2) is 0 Å². The zero-order chi connectivity index (χ0) is 12.7. The molecule has 2 fully saturated rings. The summed E-state index contributed by atoms with van der Waals surface area (Å²) in [5, 5.41) is 0.301. The van der Waals surface area contributed by atoms with Crippen LogP contribution in [0.15, 0.2) is 0 Å². The molecule has 0 N–H and O–H groups in total. The second-order valence-corrected chi connectivity index (χ2v) is 12.0. The predicted octanol–water partition coefficient (Wildman–Crippen LogP) is 4.11. The maximum atomic E-state index is 6.61. The lowest BCUT2D eigenvalue weighted by molar-refractivity contribution is -0.0644. The first-order valence-corrected chi connectivity index (χ1v) is 9.99. The third kappa shape index (κ3) is 2.47. The Morgan fingerprint density at radius 1 is 1.18 bits per heavy atom. The number of hydrogen-bond donors (Lipinski definition) is 0. The summed E-state index contributed by atoms with van der Waals surface area (Å²) in [6, 6.07) is 0. The van der Waals surface area contributed by atoms with Gasteiger partial charge >= 0.3 is 0 Å². The van der Waals surface area contributed by atoms with Crippen molar-refractivity contribution >= 4 is 8.32 Å². The Morgan fingerprint density at radius 2 is 1.82 bits per heavy atom. The number of hydrogen-bond acceptors (Lipinski definition) is 2. The quantitative estimate of drug-likeness (QED) is 0.692. The van der Waals surface area contributed by atoms with E-state index in [1.54, 1.807) is 0 Å². The molecule has 0 aromatic carbocycles. The van der Waals surface area contributed by atoms with E-state index >= 15 is 0 Å². The molecule has 0 bridgehead atoms. The highest BCUT2D eigenvalue weighted by atomic mass is 28.4. The van der Waals surface area contributed by atoms with Gasteiger partial charge in [-0.05, 0) is 50.2 Å². The van der Waals surface area contributed by atoms with Gasteiger partial charge in [0.15, 0.2) is 8.32 Å². The summed E-state index contributed by atoms with van der Waals surface area (Å²) in [5.41, 5.74) is 0.0928. The molecule has 0 amide bonds. The summed E-state index contributed by atoms with van der Waals surface area (Å²) in [6.45, 7) is 12.6. The number of rotatable bonds is 2. The van der Waals surface area contributed by atoms with Crippen molar-refractivity contribution in [3.05, 3.63) is 0 Å². The Hall–Kier alpha value is 0.137. The predicted molar refractivity (Wildman–Crippen MR) is 73.8 cm³/mol. The van der Waals surface area contributed by atoms with Crippen molar-refractivity contribution < 1.29 is 9.16 Å². The Kier molecular flexibility index (Phi) is 3.48. The lowest BCUT2D eigenvalue weighted by Crippen LogP contribution is -2.49. The van der Waals surface area contributed by atoms with E-state index in [2.05, 4.69) is 33.9 Å². The van der Waals surface area contributed by atoms with Crippen LogP contribution in [0, 0.1) is 0 Å². The molecule has 2 rings (SSSR count). The molecule has 1 aliphatic heterocycles. The van der Waals surface area contributed by atoms with Crippen LogP contribution in [0.3, 0.4) is 0 Å². The Balaban J connectivity index is 2.08. The second kappa shape index (κ2) is 4.36. The third-order valence-electron chi connectivity index (χ3n) is 5.03. The molecule has 2 atom stereocenters. The highest BCUT2D eigenvalue weighted by Crippen LogP contribution is 2.46. The first-order chi connectivity index (χ1) is 7.77. The van der Waals surface area contributed by atoms with Crippen LogP contribution < -0.4 is 0 Å². The SMILES string of the molecule is CC(C)(C)[Si](C)(C)O[C@@H]1CCC[C@]12CCCO2. The summed E-state index contributed by atoms with van der Waals surface area (Å²) < 4.78 is 12.7. The largest absolute Gasteiger partial charge is 0.411 e. The summed E-state index contributed by atoms with van der Waals surface area (Å²) in [7, 11) is -1.64. The van der Waals surface area contributed by atoms with Gasteiger partial charge in [0, 0.05) is 6.61 Å². The molecule has 1 spiro atoms. The first-order valence-electron chi connectivity index (χ1n) is 7.09. The zero-order valence-electron chi connectivity index (χ0n) is 12.1. The molecular weight excluding hydrogens is 228 g/mol. The molecular formula is C14H28O2Si. The van der Waals surface area contributed by atoms with E-state index in [0.717, 1.165) is 6.61 Å². The van der Waals surface area contributed by atoms with Gasteiger partial charge < -0.3 is 9.16 Å². The van der Waals surface area contributed by atoms with Gasteiger partial charge in [-0.3, -0.25) is 0 Å². The van der Waals surface area contributed by atoms with Crippen LogP contribution in [0.4, 0.5) is 0 Å². The highest BCUT2D eigenvalue weighted by molar-refractivity contribution is 6.74. The van der Waals surface area contributed by atoms with Crippen LogP contribution in [0.25, 0.3) is 0 Å². The fourth-order valence-corrected chi connectivity index (χ4v) is 4.28. The molecule has 3 heteroatoms. The van der Waals surface area contributed by atoms with E-state index in [1.165, 1.54) is 32.1 Å². The van der Waals surface area contributed by atoms with Gasteiger partial charge in [0.25, 0.3) is 0 Å². The van der Waals surface area contributed by atoms with Gasteiger partial charge in [-0.2, -0.15) is 0 Å². The molecule has 17 heavy (non-hydrogen) atoms. The fraction of sp³-hybridized carbons (Fsp3) is 1.00. The Bertz CT molecular complexity index is 269. The van der Waals surface area contributed by atoms with Crippen molar-refractivity contribution in [1.29, 1.82) is 0 Å². The van der Waals surface area contributed by atoms with Crippen LogP contribution in [-0.2, 0) is 9.16 Å². The van der Waals surface area contributed by atoms with Crippen molar-refractivity contribution in [2.24, 2.45) is 0 Å². The van der Waals surface area contributed by atoms with E-state index in [-0.39, 0.29) is 5.60 Å². The molecule has 1 heterocycles. The molecule has 0 aromatic heterocycles. The van der Waals surface area contributed by atoms with Crippen molar-refractivity contribution in [3.63, 3.8) is 0 Å². The molecule has 1 saturated heterocycles. The maximum absolute atomic E-state index is 6.61. The zero-order valence-corrected chi connectivity index (χ0v) is 13.1. The van der Waals surface area contributed by atoms with Crippen LogP contribution in [0.1, 0.15) is 52.9 Å². The fourth-order valence-electron chi connectivity index (χ4n) is 2.88. The molecule has 2 nitrogen and oxygen atoms in total. The van der Waals surface area contributed by atoms with Crippen molar-refractivity contribution in [3.8, 4) is 0 Å². The average molecular weight is 256 g/mol. The van der Waals surface area contributed by atoms with Crippen molar-refractivity contribution in [1.82, 2.24) is 0 Å². The van der Waals surface area contributed by atoms with Crippen LogP contribution >= 0.6 is 0 Å².